The molecule has 0 bridgehead atoms. The van der Waals surface area contributed by atoms with Gasteiger partial charge in [-0.05, 0) is 6.42 Å². The van der Waals surface area contributed by atoms with Gasteiger partial charge < -0.3 is 29.9 Å². The van der Waals surface area contributed by atoms with Crippen LogP contribution in [0.3, 0.4) is 0 Å². The van der Waals surface area contributed by atoms with Crippen LogP contribution in [0.5, 0.6) is 0 Å². The molecule has 1 saturated heterocycles. The highest BCUT2D eigenvalue weighted by Crippen LogP contribution is 2.32. The second-order valence-corrected chi connectivity index (χ2v) is 3.95. The minimum atomic E-state index is -1.61. The van der Waals surface area contributed by atoms with Crippen LogP contribution >= 0.6 is 0 Å². The Morgan fingerprint density at radius 3 is 2.44 bits per heavy atom. The molecule has 0 amide bonds. The Bertz CT molecular complexity index is 211. The molecule has 0 aliphatic carbocycles. The zero-order valence-electron chi connectivity index (χ0n) is 9.37. The molecule has 4 atom stereocenters. The fourth-order valence-electron chi connectivity index (χ4n) is 1.69. The van der Waals surface area contributed by atoms with Crippen LogP contribution < -0.4 is 0 Å². The number of hydrogen-bond donors (Lipinski definition) is 4. The van der Waals surface area contributed by atoms with Gasteiger partial charge in [-0.1, -0.05) is 13.3 Å². The van der Waals surface area contributed by atoms with E-state index in [4.69, 9.17) is 14.6 Å². The summed E-state index contributed by atoms with van der Waals surface area (Å²) in [6, 6.07) is 0. The van der Waals surface area contributed by atoms with Crippen LogP contribution in [0.2, 0.25) is 0 Å². The van der Waals surface area contributed by atoms with Crippen LogP contribution in [0.15, 0.2) is 0 Å². The second kappa shape index (κ2) is 5.90. The maximum absolute atomic E-state index is 9.74. The molecule has 0 spiro atoms. The Labute approximate surface area is 94.4 Å². The number of unbranched alkanes of at least 4 members (excludes halogenated alkanes) is 1. The van der Waals surface area contributed by atoms with Crippen LogP contribution in [0.25, 0.3) is 0 Å². The predicted molar refractivity (Wildman–Crippen MR) is 54.6 cm³/mol. The molecule has 1 rings (SSSR count). The molecule has 1 fully saturated rings. The van der Waals surface area contributed by atoms with Gasteiger partial charge in [-0.15, -0.1) is 0 Å². The lowest BCUT2D eigenvalue weighted by atomic mass is 10.1. The maximum Gasteiger partial charge on any atom is 0.221 e. The molecule has 0 aromatic rings. The van der Waals surface area contributed by atoms with E-state index in [1.807, 2.05) is 6.92 Å². The molecule has 1 heterocycles. The van der Waals surface area contributed by atoms with Gasteiger partial charge in [0.15, 0.2) is 0 Å². The molecule has 6 nitrogen and oxygen atoms in total. The third-order valence-electron chi connectivity index (χ3n) is 2.75. The van der Waals surface area contributed by atoms with Crippen LogP contribution in [0.1, 0.15) is 19.8 Å². The number of ether oxygens (including phenoxy) is 2. The molecule has 6 heteroatoms. The van der Waals surface area contributed by atoms with Gasteiger partial charge in [-0.25, -0.2) is 0 Å². The minimum absolute atomic E-state index is 0.318. The summed E-state index contributed by atoms with van der Waals surface area (Å²) in [4.78, 5) is 0. The number of aliphatic hydroxyl groups is 4. The first-order chi connectivity index (χ1) is 7.61. The SMILES string of the molecule is CCCCO[C@]1(CO)O[C@H](CO)[C@@H](O)[C@@H]1O. The van der Waals surface area contributed by atoms with E-state index in [0.717, 1.165) is 12.8 Å². The van der Waals surface area contributed by atoms with E-state index in [1.165, 1.54) is 0 Å². The Balaban J connectivity index is 2.64. The maximum atomic E-state index is 9.74. The Morgan fingerprint density at radius 1 is 1.31 bits per heavy atom. The highest BCUT2D eigenvalue weighted by atomic mass is 16.7. The van der Waals surface area contributed by atoms with Crippen LogP contribution in [-0.2, 0) is 9.47 Å². The lowest BCUT2D eigenvalue weighted by Crippen LogP contribution is -2.48. The number of hydrogen-bond acceptors (Lipinski definition) is 6. The first-order valence-corrected chi connectivity index (χ1v) is 5.51. The molecular formula is C10H20O6. The second-order valence-electron chi connectivity index (χ2n) is 3.95. The molecule has 0 radical (unpaired) electrons. The standard InChI is InChI=1S/C10H20O6/c1-2-3-4-15-10(6-12)9(14)8(13)7(5-11)16-10/h7-9,11-14H,2-6H2,1H3/t7-,8-,9+,10-/m1/s1. The lowest BCUT2D eigenvalue weighted by Gasteiger charge is -2.29. The van der Waals surface area contributed by atoms with Gasteiger partial charge in [0.2, 0.25) is 5.79 Å². The summed E-state index contributed by atoms with van der Waals surface area (Å²) in [5.74, 6) is -1.61. The fourth-order valence-corrected chi connectivity index (χ4v) is 1.69. The average Bonchev–Trinajstić information content (AvgIpc) is 2.55. The van der Waals surface area contributed by atoms with Crippen molar-refractivity contribution in [1.82, 2.24) is 0 Å². The van der Waals surface area contributed by atoms with Crippen molar-refractivity contribution in [2.75, 3.05) is 19.8 Å². The van der Waals surface area contributed by atoms with Crippen LogP contribution in [0, 0.1) is 0 Å². The third kappa shape index (κ3) is 2.53. The Kier molecular flexibility index (Phi) is 5.10. The predicted octanol–water partition coefficient (Wildman–Crippen LogP) is -1.40. The van der Waals surface area contributed by atoms with Crippen molar-refractivity contribution in [1.29, 1.82) is 0 Å². The van der Waals surface area contributed by atoms with Crippen molar-refractivity contribution < 1.29 is 29.9 Å². The third-order valence-corrected chi connectivity index (χ3v) is 2.75. The van der Waals surface area contributed by atoms with Crippen molar-refractivity contribution >= 4 is 0 Å². The summed E-state index contributed by atoms with van der Waals surface area (Å²) in [5, 5.41) is 37.4. The molecule has 16 heavy (non-hydrogen) atoms. The molecule has 96 valence electrons. The molecule has 1 aliphatic rings. The Hall–Kier alpha value is -0.240. The van der Waals surface area contributed by atoms with E-state index in [2.05, 4.69) is 0 Å². The zero-order chi connectivity index (χ0) is 12.2. The van der Waals surface area contributed by atoms with E-state index >= 15 is 0 Å². The van der Waals surface area contributed by atoms with Gasteiger partial charge in [0, 0.05) is 0 Å². The summed E-state index contributed by atoms with van der Waals surface area (Å²) in [6.45, 7) is 1.30. The Morgan fingerprint density at radius 2 is 2.00 bits per heavy atom. The van der Waals surface area contributed by atoms with Crippen molar-refractivity contribution in [2.24, 2.45) is 0 Å². The molecule has 0 saturated carbocycles. The smallest absolute Gasteiger partial charge is 0.221 e. The average molecular weight is 236 g/mol. The molecule has 4 N–H and O–H groups in total. The summed E-state index contributed by atoms with van der Waals surface area (Å²) < 4.78 is 10.5. The van der Waals surface area contributed by atoms with Gasteiger partial charge in [0.25, 0.3) is 0 Å². The molecule has 1 aliphatic heterocycles. The highest BCUT2D eigenvalue weighted by molar-refractivity contribution is 4.96. The lowest BCUT2D eigenvalue weighted by molar-refractivity contribution is -0.276. The molecule has 0 aromatic heterocycles. The van der Waals surface area contributed by atoms with E-state index in [1.54, 1.807) is 0 Å². The van der Waals surface area contributed by atoms with Gasteiger partial charge >= 0.3 is 0 Å². The van der Waals surface area contributed by atoms with Crippen molar-refractivity contribution in [3.8, 4) is 0 Å². The topological polar surface area (TPSA) is 99.4 Å². The molecule has 0 aromatic carbocycles. The zero-order valence-corrected chi connectivity index (χ0v) is 9.37. The summed E-state index contributed by atoms with van der Waals surface area (Å²) in [6.07, 6.45) is -1.87. The molecule has 0 unspecified atom stereocenters. The minimum Gasteiger partial charge on any atom is -0.394 e. The van der Waals surface area contributed by atoms with E-state index < -0.39 is 37.3 Å². The van der Waals surface area contributed by atoms with Crippen molar-refractivity contribution in [3.63, 3.8) is 0 Å². The van der Waals surface area contributed by atoms with Gasteiger partial charge in [-0.2, -0.15) is 0 Å². The number of aliphatic hydroxyl groups excluding tert-OH is 4. The van der Waals surface area contributed by atoms with Gasteiger partial charge in [0.1, 0.15) is 24.9 Å². The van der Waals surface area contributed by atoms with E-state index in [9.17, 15) is 15.3 Å². The summed E-state index contributed by atoms with van der Waals surface area (Å²) in [7, 11) is 0. The summed E-state index contributed by atoms with van der Waals surface area (Å²) >= 11 is 0. The quantitative estimate of drug-likeness (QED) is 0.424. The number of rotatable bonds is 6. The van der Waals surface area contributed by atoms with Crippen LogP contribution in [-0.4, -0.2) is 64.3 Å². The monoisotopic (exact) mass is 236 g/mol. The van der Waals surface area contributed by atoms with E-state index in [0.29, 0.717) is 6.61 Å². The highest BCUT2D eigenvalue weighted by Gasteiger charge is 2.54. The molecular weight excluding hydrogens is 216 g/mol. The largest absolute Gasteiger partial charge is 0.394 e. The van der Waals surface area contributed by atoms with Crippen molar-refractivity contribution in [3.05, 3.63) is 0 Å². The fraction of sp³-hybridized carbons (Fsp3) is 1.00. The first kappa shape index (κ1) is 13.8. The normalized spacial score (nSPS) is 39.2. The first-order valence-electron chi connectivity index (χ1n) is 5.51. The van der Waals surface area contributed by atoms with E-state index in [-0.39, 0.29) is 0 Å². The van der Waals surface area contributed by atoms with Gasteiger partial charge in [0.05, 0.1) is 13.2 Å². The van der Waals surface area contributed by atoms with Crippen LogP contribution in [0.4, 0.5) is 0 Å². The van der Waals surface area contributed by atoms with Gasteiger partial charge in [-0.3, -0.25) is 0 Å². The van der Waals surface area contributed by atoms with Crippen molar-refractivity contribution in [2.45, 2.75) is 43.9 Å². The summed E-state index contributed by atoms with van der Waals surface area (Å²) in [5.41, 5.74) is 0.